The molecule has 0 fully saturated rings. The van der Waals surface area contributed by atoms with E-state index in [-0.39, 0.29) is 78.1 Å². The first-order valence-corrected chi connectivity index (χ1v) is 12.8. The summed E-state index contributed by atoms with van der Waals surface area (Å²) in [5.74, 6) is 1.58. The molecule has 0 N–H and O–H groups in total. The van der Waals surface area contributed by atoms with Crippen molar-refractivity contribution in [1.29, 1.82) is 0 Å². The van der Waals surface area contributed by atoms with Crippen LogP contribution < -0.4 is 37.2 Å². The third-order valence-corrected chi connectivity index (χ3v) is 6.24. The van der Waals surface area contributed by atoms with Crippen LogP contribution in [0.2, 0.25) is 0 Å². The number of hydrogen-bond acceptors (Lipinski definition) is 5. The number of benzene rings is 2. The largest absolute Gasteiger partial charge is 3.00 e. The van der Waals surface area contributed by atoms with Crippen molar-refractivity contribution in [3.8, 4) is 23.0 Å². The summed E-state index contributed by atoms with van der Waals surface area (Å²) < 4.78 is 16.2. The Balaban J connectivity index is 0.00000200. The van der Waals surface area contributed by atoms with Gasteiger partial charge < -0.3 is 46.7 Å². The molecule has 0 amide bonds. The molecule has 5 aromatic rings. The van der Waals surface area contributed by atoms with Gasteiger partial charge in [0.05, 0.1) is 22.1 Å². The number of rotatable bonds is 12. The predicted molar refractivity (Wildman–Crippen MR) is 143 cm³/mol. The molecule has 0 saturated carbocycles. The van der Waals surface area contributed by atoms with E-state index in [0.717, 1.165) is 84.0 Å². The molecule has 11 heteroatoms. The van der Waals surface area contributed by atoms with Gasteiger partial charge in [-0.2, -0.15) is 0 Å². The van der Waals surface area contributed by atoms with Crippen molar-refractivity contribution in [1.82, 2.24) is 24.1 Å². The molecule has 5 rings (SSSR count). The van der Waals surface area contributed by atoms with Gasteiger partial charge in [0.2, 0.25) is 0 Å². The van der Waals surface area contributed by atoms with Gasteiger partial charge in [0.15, 0.2) is 11.6 Å². The van der Waals surface area contributed by atoms with Crippen LogP contribution in [0.3, 0.4) is 0 Å². The second-order valence-electron chi connectivity index (χ2n) is 8.89. The van der Waals surface area contributed by atoms with Crippen LogP contribution in [0.4, 0.5) is 0 Å². The summed E-state index contributed by atoms with van der Waals surface area (Å²) >= 11 is 0. The minimum Gasteiger partial charge on any atom is -1.00 e. The molecule has 0 spiro atoms. The van der Waals surface area contributed by atoms with Crippen molar-refractivity contribution < 1.29 is 87.5 Å². The zero-order valence-corrected chi connectivity index (χ0v) is 28.2. The normalized spacial score (nSPS) is 10.4. The molecule has 3 heterocycles. The first-order chi connectivity index (χ1) is 17.8. The fourth-order valence-corrected chi connectivity index (χ4v) is 4.29. The minimum absolute atomic E-state index is 0. The molecule has 2 aromatic carbocycles. The van der Waals surface area contributed by atoms with E-state index < -0.39 is 0 Å². The Labute approximate surface area is 287 Å². The molecule has 0 aliphatic carbocycles. The summed E-state index contributed by atoms with van der Waals surface area (Å²) in [7, 11) is 0. The van der Waals surface area contributed by atoms with E-state index >= 15 is 0 Å². The molecule has 0 aliphatic heterocycles. The van der Waals surface area contributed by atoms with E-state index in [4.69, 9.17) is 24.4 Å². The molecule has 211 valence electrons. The number of nitrogens with zero attached hydrogens (tertiary/aromatic N) is 5. The molecule has 7 nitrogen and oxygen atoms in total. The molecule has 0 atom stereocenters. The summed E-state index contributed by atoms with van der Waals surface area (Å²) in [6.45, 7) is 6.64. The molecule has 0 saturated heterocycles. The average molecular weight is 734 g/mol. The monoisotopic (exact) mass is 730 g/mol. The maximum Gasteiger partial charge on any atom is 3.00 e. The molecular formula is C29H33Cl3N5NdO2. The van der Waals surface area contributed by atoms with Crippen LogP contribution in [0.1, 0.15) is 39.5 Å². The summed E-state index contributed by atoms with van der Waals surface area (Å²) in [5, 5.41) is 0. The van der Waals surface area contributed by atoms with Crippen molar-refractivity contribution in [3.05, 3.63) is 66.7 Å². The van der Waals surface area contributed by atoms with Crippen molar-refractivity contribution in [3.63, 3.8) is 0 Å². The van der Waals surface area contributed by atoms with Crippen molar-refractivity contribution >= 4 is 22.1 Å². The molecule has 0 aliphatic rings. The first kappa shape index (κ1) is 36.7. The van der Waals surface area contributed by atoms with Gasteiger partial charge in [0.25, 0.3) is 0 Å². The topological polar surface area (TPSA) is 67.0 Å². The smallest absolute Gasteiger partial charge is 1.00 e. The van der Waals surface area contributed by atoms with E-state index in [1.807, 2.05) is 54.6 Å². The fraction of sp³-hybridized carbons (Fsp3) is 0.345. The first-order valence-electron chi connectivity index (χ1n) is 12.8. The number of ether oxygens (including phenoxy) is 2. The maximum absolute atomic E-state index is 5.99. The Morgan fingerprint density at radius 3 is 1.43 bits per heavy atom. The quantitative estimate of drug-likeness (QED) is 0.135. The van der Waals surface area contributed by atoms with E-state index in [9.17, 15) is 0 Å². The van der Waals surface area contributed by atoms with Crippen LogP contribution >= 0.6 is 0 Å². The molecule has 40 heavy (non-hydrogen) atoms. The molecule has 3 aromatic heterocycles. The Hall–Kier alpha value is -1.33. The van der Waals surface area contributed by atoms with Gasteiger partial charge in [-0.05, 0) is 49.2 Å². The number of pyridine rings is 1. The third-order valence-electron chi connectivity index (χ3n) is 6.24. The number of fused-ring (bicyclic) bond motifs is 2. The number of aromatic nitrogens is 5. The van der Waals surface area contributed by atoms with Crippen molar-refractivity contribution in [2.24, 2.45) is 0 Å². The summed E-state index contributed by atoms with van der Waals surface area (Å²) in [4.78, 5) is 14.9. The number of halogens is 3. The van der Waals surface area contributed by atoms with Crippen LogP contribution in [0.15, 0.2) is 66.7 Å². The Morgan fingerprint density at radius 2 is 1.00 bits per heavy atom. The van der Waals surface area contributed by atoms with Gasteiger partial charge >= 0.3 is 40.8 Å². The minimum atomic E-state index is 0. The second-order valence-corrected chi connectivity index (χ2v) is 8.89. The maximum atomic E-state index is 5.99. The Morgan fingerprint density at radius 1 is 0.575 bits per heavy atom. The summed E-state index contributed by atoms with van der Waals surface area (Å²) in [5.41, 5.74) is 5.49. The second kappa shape index (κ2) is 18.3. The zero-order chi connectivity index (χ0) is 24.7. The number of unbranched alkanes of at least 4 members (excludes halogenated alkanes) is 2. The Kier molecular flexibility index (Phi) is 16.8. The van der Waals surface area contributed by atoms with Crippen LogP contribution in [0.25, 0.3) is 45.1 Å². The van der Waals surface area contributed by atoms with Crippen LogP contribution in [0, 0.1) is 40.8 Å². The Bertz CT molecular complexity index is 1360. The zero-order valence-electron chi connectivity index (χ0n) is 22.7. The summed E-state index contributed by atoms with van der Waals surface area (Å²) in [6, 6.07) is 22.3. The number of para-hydroxylation sites is 4. The summed E-state index contributed by atoms with van der Waals surface area (Å²) in [6.07, 6.45) is 4.27. The molecular weight excluding hydrogens is 701 g/mol. The van der Waals surface area contributed by atoms with E-state index in [1.54, 1.807) is 0 Å². The SMILES string of the molecule is CCCCOCn1c(-c2cccc(-c3nc4ccccc4n3COCCCC)n2)nc2ccccc21.[Cl-].[Cl-].[Cl-].[Nd+3]. The van der Waals surface area contributed by atoms with Crippen LogP contribution in [0.5, 0.6) is 0 Å². The third kappa shape index (κ3) is 8.37. The average Bonchev–Trinajstić information content (AvgIpc) is 3.48. The van der Waals surface area contributed by atoms with Crippen molar-refractivity contribution in [2.45, 2.75) is 53.0 Å². The van der Waals surface area contributed by atoms with Gasteiger partial charge in [0.1, 0.15) is 24.8 Å². The molecule has 0 unspecified atom stereocenters. The van der Waals surface area contributed by atoms with Crippen LogP contribution in [-0.2, 0) is 22.9 Å². The standard InChI is InChI=1S/C29H33N5O2.3ClH.Nd/c1-3-5-18-35-20-33-26-16-9-7-12-22(26)31-28(33)24-14-11-15-25(30-24)29-32-23-13-8-10-17-27(23)34(29)21-36-19-6-4-2;;;;/h7-17H,3-6,18-21H2,1-2H3;3*1H;/q;;;;+3/p-3. The van der Waals surface area contributed by atoms with Crippen molar-refractivity contribution in [2.75, 3.05) is 13.2 Å². The van der Waals surface area contributed by atoms with Gasteiger partial charge in [-0.3, -0.25) is 9.13 Å². The van der Waals surface area contributed by atoms with E-state index in [1.165, 1.54) is 0 Å². The number of hydrogen-bond donors (Lipinski definition) is 0. The van der Waals surface area contributed by atoms with Gasteiger partial charge in [-0.1, -0.05) is 57.0 Å². The van der Waals surface area contributed by atoms with E-state index in [0.29, 0.717) is 13.5 Å². The number of imidazole rings is 2. The molecule has 1 radical (unpaired) electrons. The predicted octanol–water partition coefficient (Wildman–Crippen LogP) is -2.32. The van der Waals surface area contributed by atoms with Gasteiger partial charge in [-0.25, -0.2) is 15.0 Å². The molecule has 0 bridgehead atoms. The van der Waals surface area contributed by atoms with Gasteiger partial charge in [0, 0.05) is 13.2 Å². The fourth-order valence-electron chi connectivity index (χ4n) is 4.29. The van der Waals surface area contributed by atoms with E-state index in [2.05, 4.69) is 35.1 Å². The van der Waals surface area contributed by atoms with Crippen LogP contribution in [-0.4, -0.2) is 37.3 Å². The van der Waals surface area contributed by atoms with Gasteiger partial charge in [-0.15, -0.1) is 0 Å².